The highest BCUT2D eigenvalue weighted by molar-refractivity contribution is 7.16. The van der Waals surface area contributed by atoms with Crippen LogP contribution in [0.4, 0.5) is 11.4 Å². The van der Waals surface area contributed by atoms with Gasteiger partial charge in [-0.2, -0.15) is 0 Å². The molecule has 0 saturated heterocycles. The number of hydrogen-bond acceptors (Lipinski definition) is 6. The molecule has 7 heteroatoms. The van der Waals surface area contributed by atoms with E-state index in [9.17, 15) is 4.79 Å². The van der Waals surface area contributed by atoms with E-state index in [-0.39, 0.29) is 17.7 Å². The fourth-order valence-electron chi connectivity index (χ4n) is 4.53. The molecule has 0 bridgehead atoms. The minimum absolute atomic E-state index is 0.0476. The first kappa shape index (κ1) is 20.9. The van der Waals surface area contributed by atoms with Crippen LogP contribution in [0.15, 0.2) is 65.9 Å². The zero-order chi connectivity index (χ0) is 22.2. The van der Waals surface area contributed by atoms with E-state index in [4.69, 9.17) is 21.1 Å². The molecule has 0 saturated carbocycles. The molecule has 2 heterocycles. The molecule has 0 radical (unpaired) electrons. The number of allylic oxidation sites excluding steroid dienone is 1. The lowest BCUT2D eigenvalue weighted by Gasteiger charge is -2.29. The number of methoxy groups -OCH3 is 2. The third-order valence-electron chi connectivity index (χ3n) is 6.07. The molecule has 1 aliphatic heterocycles. The minimum atomic E-state index is -0.238. The molecule has 32 heavy (non-hydrogen) atoms. The molecule has 5 rings (SSSR count). The Morgan fingerprint density at radius 2 is 1.75 bits per heavy atom. The largest absolute Gasteiger partial charge is 0.493 e. The van der Waals surface area contributed by atoms with Gasteiger partial charge < -0.3 is 20.1 Å². The van der Waals surface area contributed by atoms with E-state index in [0.29, 0.717) is 22.3 Å². The second-order valence-corrected chi connectivity index (χ2v) is 9.67. The molecule has 164 valence electrons. The minimum Gasteiger partial charge on any atom is -0.493 e. The van der Waals surface area contributed by atoms with Crippen LogP contribution < -0.4 is 20.1 Å². The van der Waals surface area contributed by atoms with E-state index in [1.807, 2.05) is 54.6 Å². The van der Waals surface area contributed by atoms with Gasteiger partial charge in [0.2, 0.25) is 0 Å². The SMILES string of the molecule is COc1ccc([C@@H]2CC(=O)C3=C(C2)Nc2ccccc2N[C@H]3c2ccc(Cl)s2)cc1OC. The van der Waals surface area contributed by atoms with Crippen molar-refractivity contribution in [1.82, 2.24) is 0 Å². The van der Waals surface area contributed by atoms with Gasteiger partial charge in [-0.3, -0.25) is 4.79 Å². The number of thiophene rings is 1. The highest BCUT2D eigenvalue weighted by Gasteiger charge is 2.36. The first-order valence-corrected chi connectivity index (χ1v) is 11.6. The van der Waals surface area contributed by atoms with E-state index in [1.54, 1.807) is 14.2 Å². The summed E-state index contributed by atoms with van der Waals surface area (Å²) in [6, 6.07) is 17.6. The van der Waals surface area contributed by atoms with E-state index in [2.05, 4.69) is 10.6 Å². The summed E-state index contributed by atoms with van der Waals surface area (Å²) in [7, 11) is 3.25. The second kappa shape index (κ2) is 8.52. The number of nitrogens with one attached hydrogen (secondary N) is 2. The first-order chi connectivity index (χ1) is 15.6. The monoisotopic (exact) mass is 466 g/mol. The summed E-state index contributed by atoms with van der Waals surface area (Å²) >= 11 is 7.74. The number of para-hydroxylation sites is 2. The smallest absolute Gasteiger partial charge is 0.163 e. The number of ketones is 1. The van der Waals surface area contributed by atoms with Gasteiger partial charge in [-0.05, 0) is 54.3 Å². The Hall–Kier alpha value is -2.96. The fourth-order valence-corrected chi connectivity index (χ4v) is 5.65. The third-order valence-corrected chi connectivity index (χ3v) is 7.36. The molecule has 2 atom stereocenters. The number of anilines is 2. The van der Waals surface area contributed by atoms with Crippen molar-refractivity contribution in [1.29, 1.82) is 0 Å². The molecule has 2 N–H and O–H groups in total. The first-order valence-electron chi connectivity index (χ1n) is 10.4. The van der Waals surface area contributed by atoms with Crippen molar-refractivity contribution >= 4 is 40.1 Å². The van der Waals surface area contributed by atoms with Crippen LogP contribution in [0.3, 0.4) is 0 Å². The van der Waals surface area contributed by atoms with Crippen molar-refractivity contribution in [3.63, 3.8) is 0 Å². The highest BCUT2D eigenvalue weighted by atomic mass is 35.5. The fraction of sp³-hybridized carbons (Fsp3) is 0.240. The van der Waals surface area contributed by atoms with Crippen molar-refractivity contribution in [2.45, 2.75) is 24.8 Å². The van der Waals surface area contributed by atoms with Crippen molar-refractivity contribution < 1.29 is 14.3 Å². The van der Waals surface area contributed by atoms with Gasteiger partial charge in [0.05, 0.1) is 36.0 Å². The average molecular weight is 467 g/mol. The Bertz CT molecular complexity index is 1220. The molecule has 2 aliphatic rings. The number of halogens is 1. The zero-order valence-electron chi connectivity index (χ0n) is 17.8. The molecule has 1 aromatic heterocycles. The molecular formula is C25H23ClN2O3S. The van der Waals surface area contributed by atoms with Crippen molar-refractivity contribution in [2.75, 3.05) is 24.9 Å². The lowest BCUT2D eigenvalue weighted by molar-refractivity contribution is -0.116. The predicted molar refractivity (Wildman–Crippen MR) is 129 cm³/mol. The second-order valence-electron chi connectivity index (χ2n) is 7.92. The van der Waals surface area contributed by atoms with E-state index in [0.717, 1.165) is 39.5 Å². The summed E-state index contributed by atoms with van der Waals surface area (Å²) in [5.74, 6) is 1.53. The molecule has 5 nitrogen and oxygen atoms in total. The van der Waals surface area contributed by atoms with Gasteiger partial charge in [-0.1, -0.05) is 29.8 Å². The quantitative estimate of drug-likeness (QED) is 0.466. The number of carbonyl (C=O) groups is 1. The zero-order valence-corrected chi connectivity index (χ0v) is 19.3. The maximum atomic E-state index is 13.6. The van der Waals surface area contributed by atoms with Crippen LogP contribution >= 0.6 is 22.9 Å². The summed E-state index contributed by atoms with van der Waals surface area (Å²) in [4.78, 5) is 14.6. The van der Waals surface area contributed by atoms with Crippen molar-refractivity contribution in [2.24, 2.45) is 0 Å². The van der Waals surface area contributed by atoms with Crippen molar-refractivity contribution in [3.05, 3.63) is 80.6 Å². The number of benzene rings is 2. The Morgan fingerprint density at radius 1 is 0.969 bits per heavy atom. The van der Waals surface area contributed by atoms with Crippen LogP contribution in [0, 0.1) is 0 Å². The summed E-state index contributed by atoms with van der Waals surface area (Å²) in [5.41, 5.74) is 4.73. The van der Waals surface area contributed by atoms with Crippen LogP contribution in [0.1, 0.15) is 35.2 Å². The third kappa shape index (κ3) is 3.74. The summed E-state index contributed by atoms with van der Waals surface area (Å²) < 4.78 is 11.6. The topological polar surface area (TPSA) is 59.6 Å². The van der Waals surface area contributed by atoms with E-state index in [1.165, 1.54) is 11.3 Å². The van der Waals surface area contributed by atoms with Gasteiger partial charge in [-0.15, -0.1) is 11.3 Å². The van der Waals surface area contributed by atoms with Crippen LogP contribution in [0.2, 0.25) is 4.34 Å². The number of fused-ring (bicyclic) bond motifs is 1. The Balaban J connectivity index is 1.57. The van der Waals surface area contributed by atoms with Gasteiger partial charge in [0.1, 0.15) is 0 Å². The number of carbonyl (C=O) groups excluding carboxylic acids is 1. The number of Topliss-reactive ketones (excluding diaryl/α,β-unsaturated/α-hetero) is 1. The van der Waals surface area contributed by atoms with Gasteiger partial charge in [-0.25, -0.2) is 0 Å². The molecule has 3 aromatic rings. The summed E-state index contributed by atoms with van der Waals surface area (Å²) in [6.07, 6.45) is 1.16. The molecule has 1 aliphatic carbocycles. The molecule has 0 fully saturated rings. The van der Waals surface area contributed by atoms with E-state index < -0.39 is 0 Å². The molecule has 0 amide bonds. The summed E-state index contributed by atoms with van der Waals surface area (Å²) in [6.45, 7) is 0. The van der Waals surface area contributed by atoms with Crippen LogP contribution in [-0.4, -0.2) is 20.0 Å². The van der Waals surface area contributed by atoms with Crippen molar-refractivity contribution in [3.8, 4) is 11.5 Å². The van der Waals surface area contributed by atoms with E-state index >= 15 is 0 Å². The summed E-state index contributed by atoms with van der Waals surface area (Å²) in [5, 5.41) is 7.14. The van der Waals surface area contributed by atoms with Gasteiger partial charge >= 0.3 is 0 Å². The number of rotatable bonds is 4. The van der Waals surface area contributed by atoms with Gasteiger partial charge in [0, 0.05) is 22.6 Å². The molecule has 2 aromatic carbocycles. The number of ether oxygens (including phenoxy) is 2. The lowest BCUT2D eigenvalue weighted by Crippen LogP contribution is -2.26. The Kier molecular flexibility index (Phi) is 5.57. The predicted octanol–water partition coefficient (Wildman–Crippen LogP) is 6.40. The van der Waals surface area contributed by atoms with Crippen LogP contribution in [0.5, 0.6) is 11.5 Å². The van der Waals surface area contributed by atoms with Gasteiger partial charge in [0.25, 0.3) is 0 Å². The standard InChI is InChI=1S/C25H23ClN2O3S/c1-30-20-8-7-14(13-21(20)31-2)15-11-18-24(19(29)12-15)25(22-9-10-23(26)32-22)28-17-6-4-3-5-16(17)27-18/h3-10,13,15,25,27-28H,11-12H2,1-2H3/t15-,25-/m0/s1. The average Bonchev–Trinajstić information content (AvgIpc) is 3.16. The normalized spacial score (nSPS) is 19.9. The van der Waals surface area contributed by atoms with Crippen LogP contribution in [0.25, 0.3) is 0 Å². The lowest BCUT2D eigenvalue weighted by atomic mass is 9.79. The van der Waals surface area contributed by atoms with Crippen LogP contribution in [-0.2, 0) is 4.79 Å². The molecule has 0 spiro atoms. The maximum Gasteiger partial charge on any atom is 0.163 e. The van der Waals surface area contributed by atoms with Gasteiger partial charge in [0.15, 0.2) is 17.3 Å². The highest BCUT2D eigenvalue weighted by Crippen LogP contribution is 2.46. The molecule has 0 unspecified atom stereocenters. The Morgan fingerprint density at radius 3 is 2.47 bits per heavy atom. The molecular weight excluding hydrogens is 444 g/mol. The maximum absolute atomic E-state index is 13.6. The number of hydrogen-bond donors (Lipinski definition) is 2. The Labute approximate surface area is 196 Å².